The van der Waals surface area contributed by atoms with Crippen molar-refractivity contribution in [1.82, 2.24) is 9.88 Å². The summed E-state index contributed by atoms with van der Waals surface area (Å²) in [6.45, 7) is 4.98. The van der Waals surface area contributed by atoms with Crippen molar-refractivity contribution in [2.75, 3.05) is 30.4 Å². The summed E-state index contributed by atoms with van der Waals surface area (Å²) in [5, 5.41) is 3.22. The first-order valence-corrected chi connectivity index (χ1v) is 8.90. The molecule has 0 aliphatic carbocycles. The van der Waals surface area contributed by atoms with Crippen LogP contribution < -0.4 is 5.32 Å². The minimum absolute atomic E-state index is 0.112. The fourth-order valence-corrected chi connectivity index (χ4v) is 3.83. The lowest BCUT2D eigenvalue weighted by atomic mass is 10.1. The topological polar surface area (TPSA) is 45.2 Å². The standard InChI is InChI=1S/C16H25N3OS/c1-4-6-13-9-12(10-15(18-13)17-5-2)16(20)19(3)14-7-8-21-11-14/h9-10,14H,4-8,11H2,1-3H3,(H,17,18). The van der Waals surface area contributed by atoms with E-state index in [1.807, 2.05) is 42.8 Å². The summed E-state index contributed by atoms with van der Waals surface area (Å²) in [5.74, 6) is 3.12. The Balaban J connectivity index is 2.21. The quantitative estimate of drug-likeness (QED) is 0.877. The maximum Gasteiger partial charge on any atom is 0.254 e. The van der Waals surface area contributed by atoms with Crippen LogP contribution in [0.25, 0.3) is 0 Å². The smallest absolute Gasteiger partial charge is 0.254 e. The van der Waals surface area contributed by atoms with Crippen LogP contribution in [0.3, 0.4) is 0 Å². The first-order chi connectivity index (χ1) is 10.2. The number of aryl methyl sites for hydroxylation is 1. The molecule has 21 heavy (non-hydrogen) atoms. The number of anilines is 1. The van der Waals surface area contributed by atoms with Gasteiger partial charge in [-0.3, -0.25) is 4.79 Å². The third kappa shape index (κ3) is 4.13. The van der Waals surface area contributed by atoms with Gasteiger partial charge < -0.3 is 10.2 Å². The van der Waals surface area contributed by atoms with E-state index in [1.165, 1.54) is 0 Å². The van der Waals surface area contributed by atoms with Crippen molar-refractivity contribution in [1.29, 1.82) is 0 Å². The van der Waals surface area contributed by atoms with E-state index in [4.69, 9.17) is 0 Å². The number of nitrogens with one attached hydrogen (secondary N) is 1. The molecule has 5 heteroatoms. The lowest BCUT2D eigenvalue weighted by Crippen LogP contribution is -2.37. The Kier molecular flexibility index (Phi) is 5.91. The minimum Gasteiger partial charge on any atom is -0.370 e. The van der Waals surface area contributed by atoms with Gasteiger partial charge in [-0.2, -0.15) is 11.8 Å². The maximum absolute atomic E-state index is 12.7. The summed E-state index contributed by atoms with van der Waals surface area (Å²) in [6, 6.07) is 4.20. The molecule has 1 unspecified atom stereocenters. The molecular formula is C16H25N3OS. The molecule has 116 valence electrons. The Morgan fingerprint density at radius 2 is 2.29 bits per heavy atom. The van der Waals surface area contributed by atoms with E-state index >= 15 is 0 Å². The van der Waals surface area contributed by atoms with Gasteiger partial charge in [0.2, 0.25) is 0 Å². The lowest BCUT2D eigenvalue weighted by molar-refractivity contribution is 0.0747. The Morgan fingerprint density at radius 3 is 2.90 bits per heavy atom. The van der Waals surface area contributed by atoms with Crippen molar-refractivity contribution in [2.24, 2.45) is 0 Å². The van der Waals surface area contributed by atoms with Crippen molar-refractivity contribution in [2.45, 2.75) is 39.2 Å². The SMILES string of the molecule is CCCc1cc(C(=O)N(C)C2CCSC2)cc(NCC)n1. The van der Waals surface area contributed by atoms with Gasteiger partial charge in [-0.05, 0) is 37.7 Å². The molecule has 1 saturated heterocycles. The molecule has 1 atom stereocenters. The zero-order valence-electron chi connectivity index (χ0n) is 13.2. The summed E-state index contributed by atoms with van der Waals surface area (Å²) in [6.07, 6.45) is 3.04. The molecule has 4 nitrogen and oxygen atoms in total. The molecular weight excluding hydrogens is 282 g/mol. The van der Waals surface area contributed by atoms with E-state index in [9.17, 15) is 4.79 Å². The largest absolute Gasteiger partial charge is 0.370 e. The molecule has 0 bridgehead atoms. The predicted octanol–water partition coefficient (Wildman–Crippen LogP) is 3.04. The number of thioether (sulfide) groups is 1. The summed E-state index contributed by atoms with van der Waals surface area (Å²) in [4.78, 5) is 19.2. The maximum atomic E-state index is 12.7. The van der Waals surface area contributed by atoms with Crippen molar-refractivity contribution < 1.29 is 4.79 Å². The lowest BCUT2D eigenvalue weighted by Gasteiger charge is -2.24. The van der Waals surface area contributed by atoms with E-state index in [0.29, 0.717) is 6.04 Å². The summed E-state index contributed by atoms with van der Waals surface area (Å²) < 4.78 is 0. The van der Waals surface area contributed by atoms with E-state index in [0.717, 1.165) is 54.4 Å². The second-order valence-corrected chi connectivity index (χ2v) is 6.60. The van der Waals surface area contributed by atoms with E-state index < -0.39 is 0 Å². The van der Waals surface area contributed by atoms with Gasteiger partial charge in [-0.15, -0.1) is 0 Å². The Bertz CT molecular complexity index is 462. The van der Waals surface area contributed by atoms with Gasteiger partial charge in [-0.1, -0.05) is 13.3 Å². The molecule has 2 rings (SSSR count). The number of pyridine rings is 1. The molecule has 1 fully saturated rings. The average Bonchev–Trinajstić information content (AvgIpc) is 3.00. The molecule has 0 radical (unpaired) electrons. The second kappa shape index (κ2) is 7.69. The molecule has 2 heterocycles. The number of hydrogen-bond acceptors (Lipinski definition) is 4. The third-order valence-corrected chi connectivity index (χ3v) is 4.91. The molecule has 0 saturated carbocycles. The van der Waals surface area contributed by atoms with E-state index in [2.05, 4.69) is 17.2 Å². The number of carbonyl (C=O) groups is 1. The second-order valence-electron chi connectivity index (χ2n) is 5.45. The molecule has 0 spiro atoms. The monoisotopic (exact) mass is 307 g/mol. The van der Waals surface area contributed by atoms with Crippen LogP contribution in [0.4, 0.5) is 5.82 Å². The van der Waals surface area contributed by atoms with Gasteiger partial charge in [0.25, 0.3) is 5.91 Å². The highest BCUT2D eigenvalue weighted by Crippen LogP contribution is 2.23. The van der Waals surface area contributed by atoms with Crippen LogP contribution in [0.2, 0.25) is 0 Å². The van der Waals surface area contributed by atoms with E-state index in [-0.39, 0.29) is 5.91 Å². The van der Waals surface area contributed by atoms with Crippen molar-refractivity contribution in [3.63, 3.8) is 0 Å². The minimum atomic E-state index is 0.112. The highest BCUT2D eigenvalue weighted by molar-refractivity contribution is 7.99. The normalized spacial score (nSPS) is 17.8. The number of carbonyl (C=O) groups excluding carboxylic acids is 1. The number of aromatic nitrogens is 1. The Labute approximate surface area is 131 Å². The van der Waals surface area contributed by atoms with Crippen LogP contribution >= 0.6 is 11.8 Å². The summed E-state index contributed by atoms with van der Waals surface area (Å²) in [5.41, 5.74) is 1.75. The fourth-order valence-electron chi connectivity index (χ4n) is 2.56. The van der Waals surface area contributed by atoms with Crippen LogP contribution in [0, 0.1) is 0 Å². The molecule has 1 amide bonds. The number of hydrogen-bond donors (Lipinski definition) is 1. The van der Waals surface area contributed by atoms with Gasteiger partial charge >= 0.3 is 0 Å². The third-order valence-electron chi connectivity index (χ3n) is 3.76. The molecule has 1 aliphatic heterocycles. The average molecular weight is 307 g/mol. The van der Waals surface area contributed by atoms with Crippen LogP contribution in [0.15, 0.2) is 12.1 Å². The van der Waals surface area contributed by atoms with Crippen LogP contribution in [0.1, 0.15) is 42.7 Å². The highest BCUT2D eigenvalue weighted by atomic mass is 32.2. The molecule has 1 aromatic rings. The number of rotatable bonds is 6. The Morgan fingerprint density at radius 1 is 1.48 bits per heavy atom. The molecule has 1 N–H and O–H groups in total. The van der Waals surface area contributed by atoms with Crippen LogP contribution in [0.5, 0.6) is 0 Å². The van der Waals surface area contributed by atoms with Crippen molar-refractivity contribution in [3.8, 4) is 0 Å². The Hall–Kier alpha value is -1.23. The van der Waals surface area contributed by atoms with E-state index in [1.54, 1.807) is 0 Å². The zero-order chi connectivity index (χ0) is 15.2. The summed E-state index contributed by atoms with van der Waals surface area (Å²) >= 11 is 1.93. The fraction of sp³-hybridized carbons (Fsp3) is 0.625. The molecule has 0 aromatic carbocycles. The zero-order valence-corrected chi connectivity index (χ0v) is 14.0. The first-order valence-electron chi connectivity index (χ1n) is 7.75. The van der Waals surface area contributed by atoms with Gasteiger partial charge in [0.1, 0.15) is 5.82 Å². The van der Waals surface area contributed by atoms with Gasteiger partial charge in [0, 0.05) is 36.6 Å². The van der Waals surface area contributed by atoms with Gasteiger partial charge in [0.05, 0.1) is 0 Å². The van der Waals surface area contributed by atoms with Crippen LogP contribution in [-0.2, 0) is 6.42 Å². The molecule has 1 aromatic heterocycles. The summed E-state index contributed by atoms with van der Waals surface area (Å²) in [7, 11) is 1.92. The molecule has 1 aliphatic rings. The van der Waals surface area contributed by atoms with Crippen LogP contribution in [-0.4, -0.2) is 46.9 Å². The van der Waals surface area contributed by atoms with Crippen molar-refractivity contribution in [3.05, 3.63) is 23.4 Å². The van der Waals surface area contributed by atoms with Gasteiger partial charge in [0.15, 0.2) is 0 Å². The first kappa shape index (κ1) is 16.1. The number of nitrogens with zero attached hydrogens (tertiary/aromatic N) is 2. The van der Waals surface area contributed by atoms with Crippen molar-refractivity contribution >= 4 is 23.5 Å². The predicted molar refractivity (Wildman–Crippen MR) is 90.2 cm³/mol. The highest BCUT2D eigenvalue weighted by Gasteiger charge is 2.25. The van der Waals surface area contributed by atoms with Gasteiger partial charge in [-0.25, -0.2) is 4.98 Å². The number of amides is 1.